The molecule has 0 radical (unpaired) electrons. The Labute approximate surface area is 193 Å². The number of hydrogen-bond acceptors (Lipinski definition) is 3. The maximum absolute atomic E-state index is 14.0. The summed E-state index contributed by atoms with van der Waals surface area (Å²) in [7, 11) is 0. The number of anilines is 1. The smallest absolute Gasteiger partial charge is 0.378 e. The fourth-order valence-electron chi connectivity index (χ4n) is 4.03. The van der Waals surface area contributed by atoms with Crippen LogP contribution in [0.5, 0.6) is 0 Å². The molecule has 174 valence electrons. The van der Waals surface area contributed by atoms with Gasteiger partial charge in [-0.25, -0.2) is 4.39 Å². The molecule has 2 aromatic carbocycles. The predicted molar refractivity (Wildman–Crippen MR) is 119 cm³/mol. The highest BCUT2D eigenvalue weighted by Crippen LogP contribution is 2.37. The highest BCUT2D eigenvalue weighted by atomic mass is 32.1. The van der Waals surface area contributed by atoms with E-state index in [-0.39, 0.29) is 22.3 Å². The molecule has 1 fully saturated rings. The monoisotopic (exact) mass is 479 g/mol. The number of carbonyl (C=O) groups is 1. The minimum absolute atomic E-state index is 0.111. The third-order valence-electron chi connectivity index (χ3n) is 5.63. The molecule has 5 nitrogen and oxygen atoms in total. The lowest BCUT2D eigenvalue weighted by Gasteiger charge is -2.40. The van der Waals surface area contributed by atoms with Gasteiger partial charge in [-0.2, -0.15) is 13.2 Å². The Morgan fingerprint density at radius 1 is 1.12 bits per heavy atom. The van der Waals surface area contributed by atoms with Crippen LogP contribution >= 0.6 is 12.2 Å². The molecule has 2 aliphatic rings. The Balaban J connectivity index is 1.83. The van der Waals surface area contributed by atoms with Gasteiger partial charge in [0.05, 0.1) is 30.4 Å². The van der Waals surface area contributed by atoms with E-state index in [0.717, 1.165) is 12.1 Å². The molecule has 1 atom stereocenters. The van der Waals surface area contributed by atoms with Crippen LogP contribution in [-0.4, -0.2) is 42.2 Å². The van der Waals surface area contributed by atoms with E-state index < -0.39 is 23.6 Å². The van der Waals surface area contributed by atoms with E-state index in [1.807, 2.05) is 0 Å². The molecule has 4 rings (SSSR count). The number of thiocarbonyl (C=S) groups is 1. The van der Waals surface area contributed by atoms with Crippen molar-refractivity contribution < 1.29 is 27.1 Å². The first-order chi connectivity index (χ1) is 15.7. The van der Waals surface area contributed by atoms with Gasteiger partial charge in [0.25, 0.3) is 5.91 Å². The number of benzene rings is 2. The summed E-state index contributed by atoms with van der Waals surface area (Å²) in [6.07, 6.45) is -4.53. The minimum Gasteiger partial charge on any atom is -0.378 e. The average molecular weight is 479 g/mol. The standard InChI is InChI=1S/C23H21F4N3O2S/c1-14-19(21(31)29-8-10-32-11-9-29)20(15-4-2-6-17(24)12-15)28-22(33)30(14)18-7-3-5-16(13-18)23(25,26)27/h2-7,12-13,20H,8-11H2,1H3,(H,28,33). The van der Waals surface area contributed by atoms with Crippen LogP contribution in [0, 0.1) is 5.82 Å². The number of amides is 1. The van der Waals surface area contributed by atoms with Crippen LogP contribution in [0.25, 0.3) is 0 Å². The van der Waals surface area contributed by atoms with Crippen molar-refractivity contribution in [1.82, 2.24) is 10.2 Å². The number of carbonyl (C=O) groups excluding carboxylic acids is 1. The first kappa shape index (κ1) is 23.2. The number of rotatable bonds is 3. The molecule has 0 aromatic heterocycles. The van der Waals surface area contributed by atoms with Gasteiger partial charge >= 0.3 is 6.18 Å². The Morgan fingerprint density at radius 2 is 1.82 bits per heavy atom. The first-order valence-corrected chi connectivity index (χ1v) is 10.7. The van der Waals surface area contributed by atoms with Crippen LogP contribution in [0.2, 0.25) is 0 Å². The summed E-state index contributed by atoms with van der Waals surface area (Å²) < 4.78 is 59.3. The number of morpholine rings is 1. The summed E-state index contributed by atoms with van der Waals surface area (Å²) >= 11 is 5.49. The Morgan fingerprint density at radius 3 is 2.48 bits per heavy atom. The molecule has 1 N–H and O–H groups in total. The van der Waals surface area contributed by atoms with Gasteiger partial charge in [-0.1, -0.05) is 18.2 Å². The number of halogens is 4. The lowest BCUT2D eigenvalue weighted by molar-refractivity contribution is -0.137. The molecule has 2 heterocycles. The molecule has 1 unspecified atom stereocenters. The second kappa shape index (κ2) is 9.11. The maximum atomic E-state index is 14.0. The van der Waals surface area contributed by atoms with Crippen molar-refractivity contribution in [2.45, 2.75) is 19.1 Å². The summed E-state index contributed by atoms with van der Waals surface area (Å²) in [5.74, 6) is -0.784. The van der Waals surface area contributed by atoms with Crippen molar-refractivity contribution in [3.63, 3.8) is 0 Å². The molecular formula is C23H21F4N3O2S. The Hall–Kier alpha value is -2.98. The zero-order valence-corrected chi connectivity index (χ0v) is 18.5. The van der Waals surface area contributed by atoms with Crippen LogP contribution in [0.15, 0.2) is 59.8 Å². The normalized spacial score (nSPS) is 19.5. The minimum atomic E-state index is -4.53. The number of allylic oxidation sites excluding steroid dienone is 1. The fourth-order valence-corrected chi connectivity index (χ4v) is 4.39. The van der Waals surface area contributed by atoms with Crippen LogP contribution in [-0.2, 0) is 15.7 Å². The number of nitrogens with one attached hydrogen (secondary N) is 1. The van der Waals surface area contributed by atoms with E-state index >= 15 is 0 Å². The summed E-state index contributed by atoms with van der Waals surface area (Å²) in [6, 6.07) is 9.77. The second-order valence-corrected chi connectivity index (χ2v) is 8.11. The van der Waals surface area contributed by atoms with Gasteiger partial charge in [0.2, 0.25) is 0 Å². The fraction of sp³-hybridized carbons (Fsp3) is 0.304. The lowest BCUT2D eigenvalue weighted by atomic mass is 9.93. The van der Waals surface area contributed by atoms with E-state index in [0.29, 0.717) is 37.6 Å². The molecule has 1 amide bonds. The van der Waals surface area contributed by atoms with E-state index in [1.54, 1.807) is 17.9 Å². The largest absolute Gasteiger partial charge is 0.416 e. The predicted octanol–water partition coefficient (Wildman–Crippen LogP) is 4.41. The van der Waals surface area contributed by atoms with Crippen LogP contribution < -0.4 is 10.2 Å². The van der Waals surface area contributed by atoms with Gasteiger partial charge in [0.1, 0.15) is 5.82 Å². The zero-order chi connectivity index (χ0) is 23.8. The van der Waals surface area contributed by atoms with Gasteiger partial charge in [0.15, 0.2) is 5.11 Å². The Bertz CT molecular complexity index is 1110. The summed E-state index contributed by atoms with van der Waals surface area (Å²) in [6.45, 7) is 3.14. The van der Waals surface area contributed by atoms with Crippen molar-refractivity contribution in [3.8, 4) is 0 Å². The van der Waals surface area contributed by atoms with Crippen molar-refractivity contribution in [2.75, 3.05) is 31.2 Å². The number of ether oxygens (including phenoxy) is 1. The maximum Gasteiger partial charge on any atom is 0.416 e. The van der Waals surface area contributed by atoms with E-state index in [2.05, 4.69) is 5.32 Å². The lowest BCUT2D eigenvalue weighted by Crippen LogP contribution is -2.51. The third kappa shape index (κ3) is 4.72. The third-order valence-corrected chi connectivity index (χ3v) is 5.93. The molecule has 0 saturated carbocycles. The van der Waals surface area contributed by atoms with Crippen molar-refractivity contribution in [1.29, 1.82) is 0 Å². The molecule has 0 spiro atoms. The highest BCUT2D eigenvalue weighted by Gasteiger charge is 2.38. The molecule has 0 bridgehead atoms. The number of nitrogens with zero attached hydrogens (tertiary/aromatic N) is 2. The number of hydrogen-bond donors (Lipinski definition) is 1. The zero-order valence-electron chi connectivity index (χ0n) is 17.7. The van der Waals surface area contributed by atoms with Gasteiger partial charge < -0.3 is 15.0 Å². The summed E-state index contributed by atoms with van der Waals surface area (Å²) in [5, 5.41) is 3.15. The second-order valence-electron chi connectivity index (χ2n) is 7.72. The van der Waals surface area contributed by atoms with Crippen molar-refractivity contribution in [3.05, 3.63) is 76.7 Å². The SMILES string of the molecule is CC1=C(C(=O)N2CCOCC2)C(c2cccc(F)c2)NC(=S)N1c1cccc(C(F)(F)F)c1. The molecule has 2 aliphatic heterocycles. The van der Waals surface area contributed by atoms with Crippen LogP contribution in [0.4, 0.5) is 23.2 Å². The van der Waals surface area contributed by atoms with Crippen LogP contribution in [0.3, 0.4) is 0 Å². The molecule has 0 aliphatic carbocycles. The quantitative estimate of drug-likeness (QED) is 0.522. The molecular weight excluding hydrogens is 458 g/mol. The van der Waals surface area contributed by atoms with Gasteiger partial charge in [-0.05, 0) is 55.0 Å². The highest BCUT2D eigenvalue weighted by molar-refractivity contribution is 7.80. The Kier molecular flexibility index (Phi) is 6.40. The summed E-state index contributed by atoms with van der Waals surface area (Å²) in [5.41, 5.74) is 0.489. The van der Waals surface area contributed by atoms with Crippen LogP contribution in [0.1, 0.15) is 24.1 Å². The van der Waals surface area contributed by atoms with Gasteiger partial charge in [-0.15, -0.1) is 0 Å². The molecule has 33 heavy (non-hydrogen) atoms. The van der Waals surface area contributed by atoms with E-state index in [4.69, 9.17) is 17.0 Å². The molecule has 2 aromatic rings. The van der Waals surface area contributed by atoms with E-state index in [9.17, 15) is 22.4 Å². The van der Waals surface area contributed by atoms with Gasteiger partial charge in [0, 0.05) is 24.5 Å². The first-order valence-electron chi connectivity index (χ1n) is 10.3. The topological polar surface area (TPSA) is 44.8 Å². The average Bonchev–Trinajstić information content (AvgIpc) is 2.78. The number of alkyl halides is 3. The van der Waals surface area contributed by atoms with Crippen molar-refractivity contribution in [2.24, 2.45) is 0 Å². The van der Waals surface area contributed by atoms with E-state index in [1.165, 1.54) is 35.2 Å². The summed E-state index contributed by atoms with van der Waals surface area (Å²) in [4.78, 5) is 16.6. The molecule has 10 heteroatoms. The van der Waals surface area contributed by atoms with Crippen molar-refractivity contribution >= 4 is 28.9 Å². The van der Waals surface area contributed by atoms with Gasteiger partial charge in [-0.3, -0.25) is 9.69 Å². The molecule has 1 saturated heterocycles.